The number of esters is 1. The van der Waals surface area contributed by atoms with Gasteiger partial charge in [-0.05, 0) is 26.0 Å². The van der Waals surface area contributed by atoms with E-state index in [2.05, 4.69) is 0 Å². The minimum absolute atomic E-state index is 0.0394. The number of rotatable bonds is 4. The van der Waals surface area contributed by atoms with Gasteiger partial charge in [-0.2, -0.15) is 0 Å². The zero-order valence-electron chi connectivity index (χ0n) is 12.4. The van der Waals surface area contributed by atoms with Gasteiger partial charge in [0, 0.05) is 0 Å². The fourth-order valence-electron chi connectivity index (χ4n) is 2.75. The number of carbonyl (C=O) groups is 2. The molecule has 0 N–H and O–H groups in total. The first-order valence-corrected chi connectivity index (χ1v) is 7.19. The second kappa shape index (κ2) is 5.79. The minimum Gasteiger partial charge on any atom is -0.462 e. The second-order valence-electron chi connectivity index (χ2n) is 5.83. The van der Waals surface area contributed by atoms with E-state index in [9.17, 15) is 9.59 Å². The van der Waals surface area contributed by atoms with E-state index in [-0.39, 0.29) is 12.5 Å². The van der Waals surface area contributed by atoms with Crippen molar-refractivity contribution in [2.75, 3.05) is 6.61 Å². The van der Waals surface area contributed by atoms with Crippen molar-refractivity contribution in [2.45, 2.75) is 38.1 Å². The molecule has 2 aliphatic heterocycles. The summed E-state index contributed by atoms with van der Waals surface area (Å²) in [6, 6.07) is 8.68. The Labute approximate surface area is 128 Å². The van der Waals surface area contributed by atoms with Gasteiger partial charge in [-0.25, -0.2) is 4.79 Å². The lowest BCUT2D eigenvalue weighted by atomic mass is 10.0. The molecule has 2 saturated heterocycles. The van der Waals surface area contributed by atoms with Crippen LogP contribution >= 0.6 is 0 Å². The molecule has 0 spiro atoms. The Bertz CT molecular complexity index is 555. The van der Waals surface area contributed by atoms with Crippen LogP contribution in [-0.2, 0) is 23.7 Å². The van der Waals surface area contributed by atoms with Crippen molar-refractivity contribution in [2.24, 2.45) is 5.92 Å². The first-order valence-electron chi connectivity index (χ1n) is 7.19. The van der Waals surface area contributed by atoms with Gasteiger partial charge in [-0.15, -0.1) is 0 Å². The van der Waals surface area contributed by atoms with E-state index < -0.39 is 30.3 Å². The van der Waals surface area contributed by atoms with Crippen LogP contribution in [0.5, 0.6) is 0 Å². The van der Waals surface area contributed by atoms with Gasteiger partial charge in [0.25, 0.3) is 0 Å². The topological polar surface area (TPSA) is 71.1 Å². The predicted molar refractivity (Wildman–Crippen MR) is 75.0 cm³/mol. The van der Waals surface area contributed by atoms with E-state index in [1.807, 2.05) is 6.07 Å². The molecule has 118 valence electrons. The van der Waals surface area contributed by atoms with Crippen molar-refractivity contribution in [3.63, 3.8) is 0 Å². The lowest BCUT2D eigenvalue weighted by Crippen LogP contribution is -2.34. The molecule has 3 rings (SSSR count). The van der Waals surface area contributed by atoms with Crippen molar-refractivity contribution >= 4 is 12.3 Å². The molecule has 0 saturated carbocycles. The van der Waals surface area contributed by atoms with E-state index in [0.717, 1.165) is 0 Å². The molecule has 0 aliphatic carbocycles. The van der Waals surface area contributed by atoms with Crippen molar-refractivity contribution < 1.29 is 28.5 Å². The Morgan fingerprint density at radius 3 is 2.68 bits per heavy atom. The van der Waals surface area contributed by atoms with Crippen LogP contribution in [0.15, 0.2) is 30.3 Å². The molecule has 4 atom stereocenters. The number of hydrogen-bond donors (Lipinski definition) is 0. The molecule has 2 heterocycles. The predicted octanol–water partition coefficient (Wildman–Crippen LogP) is 1.53. The Hall–Kier alpha value is -1.76. The van der Waals surface area contributed by atoms with Gasteiger partial charge in [-0.3, -0.25) is 0 Å². The van der Waals surface area contributed by atoms with E-state index >= 15 is 0 Å². The van der Waals surface area contributed by atoms with Crippen LogP contribution in [0.25, 0.3) is 0 Å². The third-order valence-corrected chi connectivity index (χ3v) is 3.77. The normalized spacial score (nSPS) is 32.5. The summed E-state index contributed by atoms with van der Waals surface area (Å²) in [5, 5.41) is 0. The monoisotopic (exact) mass is 306 g/mol. The molecule has 1 aromatic rings. The first-order chi connectivity index (χ1) is 10.5. The van der Waals surface area contributed by atoms with Crippen LogP contribution in [0.1, 0.15) is 24.2 Å². The van der Waals surface area contributed by atoms with E-state index in [1.54, 1.807) is 38.1 Å². The Morgan fingerprint density at radius 1 is 1.27 bits per heavy atom. The summed E-state index contributed by atoms with van der Waals surface area (Å²) in [5.41, 5.74) is 0.463. The molecule has 6 nitrogen and oxygen atoms in total. The highest BCUT2D eigenvalue weighted by atomic mass is 16.8. The molecule has 0 bridgehead atoms. The van der Waals surface area contributed by atoms with Crippen molar-refractivity contribution in [3.8, 4) is 0 Å². The molecular formula is C16H18O6. The van der Waals surface area contributed by atoms with Crippen LogP contribution in [0.3, 0.4) is 0 Å². The summed E-state index contributed by atoms with van der Waals surface area (Å²) in [6.07, 6.45) is -1.03. The molecular weight excluding hydrogens is 288 g/mol. The smallest absolute Gasteiger partial charge is 0.338 e. The summed E-state index contributed by atoms with van der Waals surface area (Å²) in [7, 11) is 0. The van der Waals surface area contributed by atoms with E-state index in [0.29, 0.717) is 11.8 Å². The highest BCUT2D eigenvalue weighted by Crippen LogP contribution is 2.40. The third kappa shape index (κ3) is 2.90. The summed E-state index contributed by atoms with van der Waals surface area (Å²) < 4.78 is 22.2. The van der Waals surface area contributed by atoms with Crippen LogP contribution < -0.4 is 0 Å². The van der Waals surface area contributed by atoms with Gasteiger partial charge < -0.3 is 23.7 Å². The molecule has 2 fully saturated rings. The SMILES string of the molecule is CC1(C)O[C@H]2O[C@H](C=O)[C@@H](COC(=O)c3ccccc3)[C@H]2O1. The largest absolute Gasteiger partial charge is 0.462 e. The quantitative estimate of drug-likeness (QED) is 0.620. The summed E-state index contributed by atoms with van der Waals surface area (Å²) in [6.45, 7) is 3.59. The standard InChI is InChI=1S/C16H18O6/c1-16(2)21-13-11(12(8-17)20-15(13)22-16)9-19-14(18)10-6-4-3-5-7-10/h3-8,11-13,15H,9H2,1-2H3/t11-,12-,13-,15-/m1/s1. The van der Waals surface area contributed by atoms with Crippen LogP contribution in [-0.4, -0.2) is 43.1 Å². The molecule has 2 aliphatic rings. The van der Waals surface area contributed by atoms with Gasteiger partial charge in [0.05, 0.1) is 11.5 Å². The van der Waals surface area contributed by atoms with Gasteiger partial charge in [0.1, 0.15) is 25.1 Å². The van der Waals surface area contributed by atoms with Gasteiger partial charge in [-0.1, -0.05) is 18.2 Å². The van der Waals surface area contributed by atoms with Gasteiger partial charge in [0.2, 0.25) is 0 Å². The van der Waals surface area contributed by atoms with E-state index in [1.165, 1.54) is 0 Å². The second-order valence-corrected chi connectivity index (χ2v) is 5.83. The summed E-state index contributed by atoms with van der Waals surface area (Å²) in [5.74, 6) is -1.59. The molecule has 0 amide bonds. The average molecular weight is 306 g/mol. The lowest BCUT2D eigenvalue weighted by molar-refractivity contribution is -0.208. The molecule has 0 aromatic heterocycles. The van der Waals surface area contributed by atoms with Crippen LogP contribution in [0.2, 0.25) is 0 Å². The number of fused-ring (bicyclic) bond motifs is 1. The highest BCUT2D eigenvalue weighted by molar-refractivity contribution is 5.89. The number of hydrogen-bond acceptors (Lipinski definition) is 6. The molecule has 1 aromatic carbocycles. The van der Waals surface area contributed by atoms with Crippen molar-refractivity contribution in [3.05, 3.63) is 35.9 Å². The number of carbonyl (C=O) groups excluding carboxylic acids is 2. The van der Waals surface area contributed by atoms with Crippen LogP contribution in [0.4, 0.5) is 0 Å². The fourth-order valence-corrected chi connectivity index (χ4v) is 2.75. The molecule has 0 radical (unpaired) electrons. The highest BCUT2D eigenvalue weighted by Gasteiger charge is 2.55. The van der Waals surface area contributed by atoms with Gasteiger partial charge >= 0.3 is 5.97 Å². The van der Waals surface area contributed by atoms with E-state index in [4.69, 9.17) is 18.9 Å². The Balaban J connectivity index is 1.65. The molecule has 6 heteroatoms. The zero-order valence-corrected chi connectivity index (χ0v) is 12.4. The van der Waals surface area contributed by atoms with Crippen molar-refractivity contribution in [1.29, 1.82) is 0 Å². The van der Waals surface area contributed by atoms with Gasteiger partial charge in [0.15, 0.2) is 12.1 Å². The number of aldehydes is 1. The van der Waals surface area contributed by atoms with Crippen molar-refractivity contribution in [1.82, 2.24) is 0 Å². The summed E-state index contributed by atoms with van der Waals surface area (Å²) in [4.78, 5) is 23.1. The van der Waals surface area contributed by atoms with Crippen LogP contribution in [0, 0.1) is 5.92 Å². The maximum absolute atomic E-state index is 12.0. The molecule has 22 heavy (non-hydrogen) atoms. The fraction of sp³-hybridized carbons (Fsp3) is 0.500. The maximum Gasteiger partial charge on any atom is 0.338 e. The average Bonchev–Trinajstić information content (AvgIpc) is 2.97. The third-order valence-electron chi connectivity index (χ3n) is 3.77. The maximum atomic E-state index is 12.0. The Morgan fingerprint density at radius 2 is 2.00 bits per heavy atom. The summed E-state index contributed by atoms with van der Waals surface area (Å²) >= 11 is 0. The lowest BCUT2D eigenvalue weighted by Gasteiger charge is -2.23. The first kappa shape index (κ1) is 15.1. The number of benzene rings is 1. The minimum atomic E-state index is -0.773. The zero-order chi connectivity index (χ0) is 15.7. The number of ether oxygens (including phenoxy) is 4. The molecule has 0 unspecified atom stereocenters. The Kier molecular flexibility index (Phi) is 3.99.